The van der Waals surface area contributed by atoms with Gasteiger partial charge in [0.2, 0.25) is 5.91 Å². The van der Waals surface area contributed by atoms with Crippen molar-refractivity contribution >= 4 is 5.91 Å². The highest BCUT2D eigenvalue weighted by atomic mass is 16.2. The van der Waals surface area contributed by atoms with Gasteiger partial charge in [-0.25, -0.2) is 0 Å². The molecule has 1 aliphatic heterocycles. The maximum Gasteiger partial charge on any atom is 0.239 e. The number of carbonyl (C=O) groups is 1. The second-order valence-corrected chi connectivity index (χ2v) is 4.42. The second kappa shape index (κ2) is 7.44. The molecule has 0 bridgehead atoms. The fourth-order valence-electron chi connectivity index (χ4n) is 2.03. The summed E-state index contributed by atoms with van der Waals surface area (Å²) in [4.78, 5) is 14.0. The van der Waals surface area contributed by atoms with Gasteiger partial charge < -0.3 is 10.2 Å². The lowest BCUT2D eigenvalue weighted by molar-refractivity contribution is -0.133. The van der Waals surface area contributed by atoms with Gasteiger partial charge in [0.15, 0.2) is 0 Å². The van der Waals surface area contributed by atoms with Crippen LogP contribution < -0.4 is 5.32 Å². The van der Waals surface area contributed by atoms with Crippen molar-refractivity contribution in [1.82, 2.24) is 10.2 Å². The number of allylic oxidation sites excluding steroid dienone is 1. The van der Waals surface area contributed by atoms with E-state index in [1.165, 1.54) is 6.42 Å². The highest BCUT2D eigenvalue weighted by Gasteiger charge is 2.21. The van der Waals surface area contributed by atoms with Crippen LogP contribution in [0.5, 0.6) is 0 Å². The molecule has 92 valence electrons. The van der Waals surface area contributed by atoms with Crippen LogP contribution in [0.1, 0.15) is 39.5 Å². The Bertz CT molecular complexity index is 232. The van der Waals surface area contributed by atoms with Crippen LogP contribution in [0.4, 0.5) is 0 Å². The maximum absolute atomic E-state index is 12.0. The van der Waals surface area contributed by atoms with Crippen molar-refractivity contribution in [2.75, 3.05) is 19.6 Å². The number of hydrogen-bond donors (Lipinski definition) is 1. The van der Waals surface area contributed by atoms with Crippen LogP contribution in [-0.4, -0.2) is 36.5 Å². The molecule has 0 aromatic rings. The summed E-state index contributed by atoms with van der Waals surface area (Å²) in [6, 6.07) is -0.0386. The second-order valence-electron chi connectivity index (χ2n) is 4.42. The highest BCUT2D eigenvalue weighted by molar-refractivity contribution is 5.81. The minimum atomic E-state index is -0.0386. The molecule has 16 heavy (non-hydrogen) atoms. The Labute approximate surface area is 98.9 Å². The normalized spacial score (nSPS) is 19.0. The summed E-state index contributed by atoms with van der Waals surface area (Å²) >= 11 is 0. The number of carbonyl (C=O) groups excluding carboxylic acids is 1. The van der Waals surface area contributed by atoms with E-state index in [1.807, 2.05) is 24.8 Å². The third-order valence-electron chi connectivity index (χ3n) is 3.04. The van der Waals surface area contributed by atoms with Crippen molar-refractivity contribution in [3.05, 3.63) is 12.2 Å². The molecule has 0 radical (unpaired) electrons. The largest absolute Gasteiger partial charge is 0.341 e. The number of rotatable bonds is 5. The maximum atomic E-state index is 12.0. The van der Waals surface area contributed by atoms with E-state index in [0.717, 1.165) is 38.9 Å². The van der Waals surface area contributed by atoms with Gasteiger partial charge in [0.25, 0.3) is 0 Å². The van der Waals surface area contributed by atoms with Crippen LogP contribution in [0.2, 0.25) is 0 Å². The third kappa shape index (κ3) is 4.35. The zero-order valence-corrected chi connectivity index (χ0v) is 10.5. The van der Waals surface area contributed by atoms with E-state index < -0.39 is 0 Å². The summed E-state index contributed by atoms with van der Waals surface area (Å²) in [6.07, 6.45) is 8.75. The van der Waals surface area contributed by atoms with E-state index in [-0.39, 0.29) is 11.9 Å². The smallest absolute Gasteiger partial charge is 0.239 e. The standard InChI is InChI=1S/C13H24N2O/c1-3-4-6-9-14-12(2)13(16)15-10-7-5-8-11-15/h3-4,12,14H,5-11H2,1-2H3/b4-3+. The molecular formula is C13H24N2O. The van der Waals surface area contributed by atoms with Crippen LogP contribution >= 0.6 is 0 Å². The lowest BCUT2D eigenvalue weighted by atomic mass is 10.1. The fraction of sp³-hybridized carbons (Fsp3) is 0.769. The number of hydrogen-bond acceptors (Lipinski definition) is 2. The van der Waals surface area contributed by atoms with Crippen LogP contribution in [0.15, 0.2) is 12.2 Å². The van der Waals surface area contributed by atoms with Gasteiger partial charge in [-0.05, 0) is 46.1 Å². The molecule has 3 nitrogen and oxygen atoms in total. The first-order valence-electron chi connectivity index (χ1n) is 6.39. The van der Waals surface area contributed by atoms with Gasteiger partial charge in [-0.15, -0.1) is 0 Å². The summed E-state index contributed by atoms with van der Waals surface area (Å²) in [6.45, 7) is 6.75. The Morgan fingerprint density at radius 3 is 2.69 bits per heavy atom. The molecule has 1 atom stereocenters. The molecule has 1 aliphatic rings. The molecule has 1 saturated heterocycles. The molecule has 0 aromatic carbocycles. The third-order valence-corrected chi connectivity index (χ3v) is 3.04. The molecule has 1 rings (SSSR count). The van der Waals surface area contributed by atoms with Gasteiger partial charge in [-0.2, -0.15) is 0 Å². The zero-order valence-electron chi connectivity index (χ0n) is 10.5. The predicted octanol–water partition coefficient (Wildman–Crippen LogP) is 1.94. The molecule has 1 heterocycles. The Morgan fingerprint density at radius 2 is 2.06 bits per heavy atom. The first-order chi connectivity index (χ1) is 7.75. The molecule has 3 heteroatoms. The van der Waals surface area contributed by atoms with Gasteiger partial charge in [-0.3, -0.25) is 4.79 Å². The van der Waals surface area contributed by atoms with Crippen molar-refractivity contribution in [3.8, 4) is 0 Å². The van der Waals surface area contributed by atoms with E-state index in [4.69, 9.17) is 0 Å². The van der Waals surface area contributed by atoms with Crippen molar-refractivity contribution in [3.63, 3.8) is 0 Å². The van der Waals surface area contributed by atoms with E-state index in [1.54, 1.807) is 0 Å². The molecule has 0 aromatic heterocycles. The number of piperidine rings is 1. The van der Waals surface area contributed by atoms with Gasteiger partial charge in [0.1, 0.15) is 0 Å². The molecule has 0 aliphatic carbocycles. The average molecular weight is 224 g/mol. The van der Waals surface area contributed by atoms with Crippen LogP contribution in [0.3, 0.4) is 0 Å². The van der Waals surface area contributed by atoms with Crippen LogP contribution in [-0.2, 0) is 4.79 Å². The van der Waals surface area contributed by atoms with E-state index in [0.29, 0.717) is 0 Å². The monoisotopic (exact) mass is 224 g/mol. The number of nitrogens with one attached hydrogen (secondary N) is 1. The lowest BCUT2D eigenvalue weighted by Crippen LogP contribution is -2.46. The van der Waals surface area contributed by atoms with E-state index in [2.05, 4.69) is 11.4 Å². The summed E-state index contributed by atoms with van der Waals surface area (Å²) in [5.41, 5.74) is 0. The summed E-state index contributed by atoms with van der Waals surface area (Å²) in [7, 11) is 0. The highest BCUT2D eigenvalue weighted by Crippen LogP contribution is 2.09. The first kappa shape index (κ1) is 13.2. The summed E-state index contributed by atoms with van der Waals surface area (Å²) in [5.74, 6) is 0.264. The van der Waals surface area contributed by atoms with Crippen molar-refractivity contribution in [2.45, 2.75) is 45.6 Å². The minimum Gasteiger partial charge on any atom is -0.341 e. The van der Waals surface area contributed by atoms with Gasteiger partial charge >= 0.3 is 0 Å². The molecule has 1 N–H and O–H groups in total. The van der Waals surface area contributed by atoms with Gasteiger partial charge in [0, 0.05) is 13.1 Å². The fourth-order valence-corrected chi connectivity index (χ4v) is 2.03. The molecule has 1 amide bonds. The topological polar surface area (TPSA) is 32.3 Å². The predicted molar refractivity (Wildman–Crippen MR) is 67.3 cm³/mol. The first-order valence-corrected chi connectivity index (χ1v) is 6.39. The SMILES string of the molecule is C/C=C/CCNC(C)C(=O)N1CCCCC1. The zero-order chi connectivity index (χ0) is 11.8. The van der Waals surface area contributed by atoms with Gasteiger partial charge in [-0.1, -0.05) is 12.2 Å². The number of amides is 1. The average Bonchev–Trinajstić information content (AvgIpc) is 2.34. The summed E-state index contributed by atoms with van der Waals surface area (Å²) in [5, 5.41) is 3.27. The van der Waals surface area contributed by atoms with Crippen molar-refractivity contribution in [1.29, 1.82) is 0 Å². The Balaban J connectivity index is 2.23. The summed E-state index contributed by atoms with van der Waals surface area (Å²) < 4.78 is 0. The molecule has 0 spiro atoms. The molecular weight excluding hydrogens is 200 g/mol. The van der Waals surface area contributed by atoms with Crippen LogP contribution in [0, 0.1) is 0 Å². The lowest BCUT2D eigenvalue weighted by Gasteiger charge is -2.29. The quantitative estimate of drug-likeness (QED) is 0.572. The Morgan fingerprint density at radius 1 is 1.38 bits per heavy atom. The number of likely N-dealkylation sites (tertiary alicyclic amines) is 1. The van der Waals surface area contributed by atoms with Crippen molar-refractivity contribution < 1.29 is 4.79 Å². The number of nitrogens with zero attached hydrogens (tertiary/aromatic N) is 1. The molecule has 1 fully saturated rings. The van der Waals surface area contributed by atoms with E-state index >= 15 is 0 Å². The van der Waals surface area contributed by atoms with E-state index in [9.17, 15) is 4.79 Å². The Hall–Kier alpha value is -0.830. The molecule has 0 saturated carbocycles. The Kier molecular flexibility index (Phi) is 6.16. The van der Waals surface area contributed by atoms with Gasteiger partial charge in [0.05, 0.1) is 6.04 Å². The van der Waals surface area contributed by atoms with Crippen LogP contribution in [0.25, 0.3) is 0 Å². The minimum absolute atomic E-state index is 0.0386. The van der Waals surface area contributed by atoms with Crippen molar-refractivity contribution in [2.24, 2.45) is 0 Å². The molecule has 1 unspecified atom stereocenters.